The van der Waals surface area contributed by atoms with E-state index in [1.54, 1.807) is 22.6 Å². The molecule has 1 aliphatic heterocycles. The Morgan fingerprint density at radius 3 is 2.55 bits per heavy atom. The van der Waals surface area contributed by atoms with Crippen molar-refractivity contribution in [1.29, 1.82) is 0 Å². The molecule has 0 radical (unpaired) electrons. The van der Waals surface area contributed by atoms with Crippen LogP contribution in [-0.4, -0.2) is 42.2 Å². The number of aromatic nitrogens is 1. The van der Waals surface area contributed by atoms with E-state index in [1.165, 1.54) is 0 Å². The third-order valence-electron chi connectivity index (χ3n) is 3.71. The molecular weight excluding hydrogens is 300 g/mol. The molecule has 5 nitrogen and oxygen atoms in total. The van der Waals surface area contributed by atoms with Crippen molar-refractivity contribution in [3.05, 3.63) is 23.4 Å². The van der Waals surface area contributed by atoms with Gasteiger partial charge >= 0.3 is 0 Å². The van der Waals surface area contributed by atoms with E-state index < -0.39 is 10.0 Å². The summed E-state index contributed by atoms with van der Waals surface area (Å²) in [6.07, 6.45) is 4.59. The summed E-state index contributed by atoms with van der Waals surface area (Å²) < 4.78 is 31.6. The maximum atomic E-state index is 12.1. The van der Waals surface area contributed by atoms with Gasteiger partial charge in [0.15, 0.2) is 0 Å². The van der Waals surface area contributed by atoms with E-state index >= 15 is 0 Å². The first-order chi connectivity index (χ1) is 9.57. The van der Waals surface area contributed by atoms with Gasteiger partial charge in [-0.15, -0.1) is 0 Å². The van der Waals surface area contributed by atoms with Gasteiger partial charge in [0.1, 0.15) is 11.1 Å². The van der Waals surface area contributed by atoms with Crippen molar-refractivity contribution < 1.29 is 13.2 Å². The highest BCUT2D eigenvalue weighted by Crippen LogP contribution is 2.33. The molecule has 0 bridgehead atoms. The maximum absolute atomic E-state index is 12.1. The van der Waals surface area contributed by atoms with Crippen molar-refractivity contribution >= 4 is 21.6 Å². The summed E-state index contributed by atoms with van der Waals surface area (Å²) >= 11 is 6.00. The van der Waals surface area contributed by atoms with Crippen LogP contribution in [0.1, 0.15) is 25.7 Å². The van der Waals surface area contributed by atoms with Gasteiger partial charge in [0.25, 0.3) is 0 Å². The Hall–Kier alpha value is -0.850. The summed E-state index contributed by atoms with van der Waals surface area (Å²) in [4.78, 5) is 4.09. The summed E-state index contributed by atoms with van der Waals surface area (Å²) in [6, 6.07) is 3.48. The second-order valence-electron chi connectivity index (χ2n) is 5.25. The quantitative estimate of drug-likeness (QED) is 0.853. The van der Waals surface area contributed by atoms with Crippen LogP contribution in [0.15, 0.2) is 18.3 Å². The fourth-order valence-electron chi connectivity index (χ4n) is 2.40. The summed E-state index contributed by atoms with van der Waals surface area (Å²) in [5.41, 5.74) is 0. The molecule has 1 saturated carbocycles. The van der Waals surface area contributed by atoms with Gasteiger partial charge in [-0.2, -0.15) is 0 Å². The van der Waals surface area contributed by atoms with E-state index in [0.29, 0.717) is 36.8 Å². The lowest BCUT2D eigenvalue weighted by Gasteiger charge is -2.31. The molecule has 1 aliphatic carbocycles. The van der Waals surface area contributed by atoms with Crippen molar-refractivity contribution in [3.8, 4) is 5.88 Å². The van der Waals surface area contributed by atoms with E-state index in [0.717, 1.165) is 12.8 Å². The average Bonchev–Trinajstić information content (AvgIpc) is 3.27. The highest BCUT2D eigenvalue weighted by molar-refractivity contribution is 7.90. The molecule has 0 atom stereocenters. The Kier molecular flexibility index (Phi) is 3.88. The highest BCUT2D eigenvalue weighted by Gasteiger charge is 2.41. The summed E-state index contributed by atoms with van der Waals surface area (Å²) in [6.45, 7) is 1.04. The van der Waals surface area contributed by atoms with Gasteiger partial charge < -0.3 is 4.74 Å². The van der Waals surface area contributed by atoms with Gasteiger partial charge in [-0.3, -0.25) is 0 Å². The molecule has 0 unspecified atom stereocenters. The second kappa shape index (κ2) is 5.50. The zero-order chi connectivity index (χ0) is 14.2. The zero-order valence-corrected chi connectivity index (χ0v) is 12.6. The Morgan fingerprint density at radius 2 is 1.95 bits per heavy atom. The summed E-state index contributed by atoms with van der Waals surface area (Å²) in [7, 11) is -3.06. The van der Waals surface area contributed by atoms with Gasteiger partial charge in [0.2, 0.25) is 15.9 Å². The fourth-order valence-corrected chi connectivity index (χ4v) is 4.44. The molecule has 3 rings (SSSR count). The highest BCUT2D eigenvalue weighted by atomic mass is 35.5. The Labute approximate surface area is 123 Å². The first-order valence-electron chi connectivity index (χ1n) is 6.83. The van der Waals surface area contributed by atoms with Crippen LogP contribution in [-0.2, 0) is 10.0 Å². The van der Waals surface area contributed by atoms with Crippen molar-refractivity contribution in [2.75, 3.05) is 13.1 Å². The number of pyridine rings is 1. The lowest BCUT2D eigenvalue weighted by Crippen LogP contribution is -2.43. The molecule has 0 spiro atoms. The number of nitrogens with zero attached hydrogens (tertiary/aromatic N) is 2. The van der Waals surface area contributed by atoms with Gasteiger partial charge in [-0.1, -0.05) is 11.6 Å². The molecule has 0 N–H and O–H groups in total. The SMILES string of the molecule is O=S(=O)(C1CC1)N1CCC(Oc2ncccc2Cl)CC1. The van der Waals surface area contributed by atoms with Crippen LogP contribution in [0.4, 0.5) is 0 Å². The standard InChI is InChI=1S/C13H17ClN2O3S/c14-12-2-1-7-15-13(12)19-10-5-8-16(9-6-10)20(17,18)11-3-4-11/h1-2,7,10-11H,3-6,8-9H2. The van der Waals surface area contributed by atoms with Crippen molar-refractivity contribution in [1.82, 2.24) is 9.29 Å². The molecule has 1 aromatic heterocycles. The predicted octanol–water partition coefficient (Wildman–Crippen LogP) is 2.07. The number of ether oxygens (including phenoxy) is 1. The molecule has 0 amide bonds. The fraction of sp³-hybridized carbons (Fsp3) is 0.615. The van der Waals surface area contributed by atoms with Gasteiger partial charge in [-0.05, 0) is 37.8 Å². The summed E-state index contributed by atoms with van der Waals surface area (Å²) in [5, 5.41) is 0.353. The van der Waals surface area contributed by atoms with Crippen molar-refractivity contribution in [2.45, 2.75) is 37.0 Å². The van der Waals surface area contributed by atoms with Crippen molar-refractivity contribution in [3.63, 3.8) is 0 Å². The van der Waals surface area contributed by atoms with Gasteiger partial charge in [-0.25, -0.2) is 17.7 Å². The monoisotopic (exact) mass is 316 g/mol. The van der Waals surface area contributed by atoms with Crippen LogP contribution >= 0.6 is 11.6 Å². The van der Waals surface area contributed by atoms with E-state index in [4.69, 9.17) is 16.3 Å². The lowest BCUT2D eigenvalue weighted by molar-refractivity contribution is 0.130. The van der Waals surface area contributed by atoms with E-state index in [9.17, 15) is 8.42 Å². The number of rotatable bonds is 4. The lowest BCUT2D eigenvalue weighted by atomic mass is 10.1. The molecular formula is C13H17ClN2O3S. The first-order valence-corrected chi connectivity index (χ1v) is 8.71. The van der Waals surface area contributed by atoms with Crippen LogP contribution in [0.3, 0.4) is 0 Å². The molecule has 20 heavy (non-hydrogen) atoms. The van der Waals surface area contributed by atoms with Crippen LogP contribution in [0, 0.1) is 0 Å². The van der Waals surface area contributed by atoms with E-state index in [-0.39, 0.29) is 11.4 Å². The Balaban J connectivity index is 1.58. The Bertz CT molecular complexity index is 581. The average molecular weight is 317 g/mol. The molecule has 7 heteroatoms. The molecule has 2 heterocycles. The van der Waals surface area contributed by atoms with Crippen LogP contribution in [0.2, 0.25) is 5.02 Å². The summed E-state index contributed by atoms with van der Waals surface area (Å²) in [5.74, 6) is 0.428. The van der Waals surface area contributed by atoms with E-state index in [1.807, 2.05) is 0 Å². The van der Waals surface area contributed by atoms with Crippen LogP contribution in [0.5, 0.6) is 5.88 Å². The number of hydrogen-bond donors (Lipinski definition) is 0. The van der Waals surface area contributed by atoms with Gasteiger partial charge in [0.05, 0.1) is 5.25 Å². The molecule has 1 saturated heterocycles. The molecule has 0 aromatic carbocycles. The Morgan fingerprint density at radius 1 is 1.25 bits per heavy atom. The largest absolute Gasteiger partial charge is 0.473 e. The third kappa shape index (κ3) is 2.92. The number of halogens is 1. The van der Waals surface area contributed by atoms with Gasteiger partial charge in [0, 0.05) is 19.3 Å². The maximum Gasteiger partial charge on any atom is 0.232 e. The number of sulfonamides is 1. The van der Waals surface area contributed by atoms with E-state index in [2.05, 4.69) is 4.98 Å². The van der Waals surface area contributed by atoms with Crippen molar-refractivity contribution in [2.24, 2.45) is 0 Å². The smallest absolute Gasteiger partial charge is 0.232 e. The molecule has 110 valence electrons. The molecule has 1 aromatic rings. The predicted molar refractivity (Wildman–Crippen MR) is 76.4 cm³/mol. The number of hydrogen-bond acceptors (Lipinski definition) is 4. The second-order valence-corrected chi connectivity index (χ2v) is 7.87. The topological polar surface area (TPSA) is 59.5 Å². The normalized spacial score (nSPS) is 21.9. The minimum Gasteiger partial charge on any atom is -0.473 e. The zero-order valence-electron chi connectivity index (χ0n) is 11.0. The number of piperidine rings is 1. The first kappa shape index (κ1) is 14.1. The minimum absolute atomic E-state index is 0.0203. The molecule has 2 aliphatic rings. The van der Waals surface area contributed by atoms with Crippen LogP contribution in [0.25, 0.3) is 0 Å². The molecule has 2 fully saturated rings. The van der Waals surface area contributed by atoms with Crippen LogP contribution < -0.4 is 4.74 Å². The minimum atomic E-state index is -3.06. The third-order valence-corrected chi connectivity index (χ3v) is 6.40.